The highest BCUT2D eigenvalue weighted by Crippen LogP contribution is 2.40. The van der Waals surface area contributed by atoms with Crippen molar-refractivity contribution in [2.45, 2.75) is 13.8 Å². The van der Waals surface area contributed by atoms with Crippen LogP contribution in [0.5, 0.6) is 11.5 Å². The van der Waals surface area contributed by atoms with Gasteiger partial charge in [0.2, 0.25) is 0 Å². The molecule has 98 valence electrons. The molecule has 0 bridgehead atoms. The van der Waals surface area contributed by atoms with Crippen molar-refractivity contribution in [3.63, 3.8) is 0 Å². The summed E-state index contributed by atoms with van der Waals surface area (Å²) in [7, 11) is 0. The predicted molar refractivity (Wildman–Crippen MR) is 69.6 cm³/mol. The first-order chi connectivity index (χ1) is 8.43. The van der Waals surface area contributed by atoms with E-state index in [1.807, 2.05) is 13.8 Å². The largest absolute Gasteiger partial charge is 0.489 e. The average molecular weight is 270 g/mol. The van der Waals surface area contributed by atoms with Gasteiger partial charge in [0, 0.05) is 11.0 Å². The molecule has 1 heterocycles. The second-order valence-electron chi connectivity index (χ2n) is 5.15. The topological polar surface area (TPSA) is 61.5 Å². The van der Waals surface area contributed by atoms with E-state index in [4.69, 9.17) is 26.8 Å². The van der Waals surface area contributed by atoms with Gasteiger partial charge in [-0.2, -0.15) is 0 Å². The van der Waals surface area contributed by atoms with E-state index in [2.05, 4.69) is 0 Å². The Hall–Kier alpha value is -1.26. The third-order valence-electron chi connectivity index (χ3n) is 2.74. The molecule has 0 saturated carbocycles. The summed E-state index contributed by atoms with van der Waals surface area (Å²) in [6, 6.07) is 3.20. The number of nitrogens with two attached hydrogens (primary N) is 1. The molecule has 0 spiro atoms. The molecule has 0 amide bonds. The molecule has 1 aromatic carbocycles. The third-order valence-corrected chi connectivity index (χ3v) is 3.02. The van der Waals surface area contributed by atoms with E-state index in [1.165, 1.54) is 0 Å². The summed E-state index contributed by atoms with van der Waals surface area (Å²) in [6.45, 7) is 5.05. The van der Waals surface area contributed by atoms with Crippen LogP contribution >= 0.6 is 11.6 Å². The number of carbonyl (C=O) groups is 1. The van der Waals surface area contributed by atoms with E-state index in [-0.39, 0.29) is 17.7 Å². The van der Waals surface area contributed by atoms with Crippen molar-refractivity contribution in [3.05, 3.63) is 22.7 Å². The lowest BCUT2D eigenvalue weighted by atomic mass is 9.97. The van der Waals surface area contributed by atoms with Crippen molar-refractivity contribution in [3.8, 4) is 11.5 Å². The van der Waals surface area contributed by atoms with Crippen molar-refractivity contribution in [2.24, 2.45) is 11.1 Å². The SMILES string of the molecule is CC1(C)COc2cc(C(=O)CN)cc(Cl)c2OC1. The number of hydrogen-bond donors (Lipinski definition) is 1. The number of fused-ring (bicyclic) bond motifs is 1. The van der Waals surface area contributed by atoms with Gasteiger partial charge in [0.05, 0.1) is 24.8 Å². The molecule has 1 aliphatic heterocycles. The van der Waals surface area contributed by atoms with Gasteiger partial charge in [-0.15, -0.1) is 0 Å². The Bertz CT molecular complexity index is 485. The maximum Gasteiger partial charge on any atom is 0.179 e. The monoisotopic (exact) mass is 269 g/mol. The molecule has 1 aromatic rings. The molecule has 2 rings (SSSR count). The Balaban J connectivity index is 2.40. The molecule has 0 fully saturated rings. The maximum atomic E-state index is 11.6. The zero-order chi connectivity index (χ0) is 13.3. The molecule has 4 nitrogen and oxygen atoms in total. The number of ketones is 1. The number of hydrogen-bond acceptors (Lipinski definition) is 4. The number of benzene rings is 1. The van der Waals surface area contributed by atoms with Crippen LogP contribution in [0.4, 0.5) is 0 Å². The quantitative estimate of drug-likeness (QED) is 0.837. The first-order valence-corrected chi connectivity index (χ1v) is 6.13. The maximum absolute atomic E-state index is 11.6. The highest BCUT2D eigenvalue weighted by Gasteiger charge is 2.27. The summed E-state index contributed by atoms with van der Waals surface area (Å²) >= 11 is 6.12. The second kappa shape index (κ2) is 4.78. The highest BCUT2D eigenvalue weighted by atomic mass is 35.5. The molecule has 0 aliphatic carbocycles. The Kier molecular flexibility index (Phi) is 3.50. The van der Waals surface area contributed by atoms with Crippen LogP contribution in [0.15, 0.2) is 12.1 Å². The highest BCUT2D eigenvalue weighted by molar-refractivity contribution is 6.32. The molecule has 0 radical (unpaired) electrons. The van der Waals surface area contributed by atoms with Gasteiger partial charge in [-0.05, 0) is 12.1 Å². The van der Waals surface area contributed by atoms with E-state index < -0.39 is 0 Å². The fourth-order valence-electron chi connectivity index (χ4n) is 1.68. The zero-order valence-electron chi connectivity index (χ0n) is 10.5. The molecule has 5 heteroatoms. The van der Waals surface area contributed by atoms with Crippen LogP contribution in [-0.2, 0) is 0 Å². The van der Waals surface area contributed by atoms with E-state index in [0.717, 1.165) is 0 Å². The average Bonchev–Trinajstić information content (AvgIpc) is 2.48. The number of rotatable bonds is 2. The van der Waals surface area contributed by atoms with Gasteiger partial charge in [0.15, 0.2) is 17.3 Å². The lowest BCUT2D eigenvalue weighted by Gasteiger charge is -2.19. The zero-order valence-corrected chi connectivity index (χ0v) is 11.2. The van der Waals surface area contributed by atoms with Gasteiger partial charge in [-0.3, -0.25) is 4.79 Å². The van der Waals surface area contributed by atoms with Crippen LogP contribution in [0.25, 0.3) is 0 Å². The molecular weight excluding hydrogens is 254 g/mol. The number of carbonyl (C=O) groups excluding carboxylic acids is 1. The molecule has 18 heavy (non-hydrogen) atoms. The predicted octanol–water partition coefficient (Wildman–Crippen LogP) is 2.28. The lowest BCUT2D eigenvalue weighted by Crippen LogP contribution is -2.26. The Morgan fingerprint density at radius 2 is 2.06 bits per heavy atom. The molecular formula is C13H16ClNO3. The summed E-state index contributed by atoms with van der Waals surface area (Å²) in [5.41, 5.74) is 5.69. The Morgan fingerprint density at radius 1 is 1.39 bits per heavy atom. The van der Waals surface area contributed by atoms with Crippen molar-refractivity contribution < 1.29 is 14.3 Å². The molecule has 0 unspecified atom stereocenters. The molecule has 0 aromatic heterocycles. The van der Waals surface area contributed by atoms with Crippen molar-refractivity contribution in [2.75, 3.05) is 19.8 Å². The number of ether oxygens (including phenoxy) is 2. The van der Waals surface area contributed by atoms with E-state index >= 15 is 0 Å². The summed E-state index contributed by atoms with van der Waals surface area (Å²) in [4.78, 5) is 11.6. The normalized spacial score (nSPS) is 17.1. The molecule has 1 aliphatic rings. The van der Waals surface area contributed by atoms with Crippen LogP contribution < -0.4 is 15.2 Å². The van der Waals surface area contributed by atoms with Crippen LogP contribution in [0.1, 0.15) is 24.2 Å². The smallest absolute Gasteiger partial charge is 0.179 e. The minimum atomic E-state index is -0.174. The van der Waals surface area contributed by atoms with Gasteiger partial charge < -0.3 is 15.2 Å². The standard InChI is InChI=1S/C13H16ClNO3/c1-13(2)6-17-11-4-8(10(16)5-15)3-9(14)12(11)18-7-13/h3-4H,5-7,15H2,1-2H3. The Morgan fingerprint density at radius 3 is 2.72 bits per heavy atom. The van der Waals surface area contributed by atoms with Crippen molar-refractivity contribution in [1.29, 1.82) is 0 Å². The summed E-state index contributed by atoms with van der Waals surface area (Å²) in [5.74, 6) is 0.826. The molecule has 0 saturated heterocycles. The van der Waals surface area contributed by atoms with E-state index in [1.54, 1.807) is 12.1 Å². The van der Waals surface area contributed by atoms with Gasteiger partial charge >= 0.3 is 0 Å². The van der Waals surface area contributed by atoms with Crippen LogP contribution in [0.2, 0.25) is 5.02 Å². The fourth-order valence-corrected chi connectivity index (χ4v) is 1.94. The van der Waals surface area contributed by atoms with Gasteiger partial charge in [0.1, 0.15) is 0 Å². The van der Waals surface area contributed by atoms with Crippen LogP contribution in [0, 0.1) is 5.41 Å². The van der Waals surface area contributed by atoms with Gasteiger partial charge in [0.25, 0.3) is 0 Å². The third kappa shape index (κ3) is 2.60. The summed E-state index contributed by atoms with van der Waals surface area (Å²) < 4.78 is 11.3. The minimum Gasteiger partial charge on any atom is -0.489 e. The lowest BCUT2D eigenvalue weighted by molar-refractivity contribution is 0.100. The number of halogens is 1. The first-order valence-electron chi connectivity index (χ1n) is 5.75. The van der Waals surface area contributed by atoms with Gasteiger partial charge in [-0.25, -0.2) is 0 Å². The fraction of sp³-hybridized carbons (Fsp3) is 0.462. The first kappa shape index (κ1) is 13.2. The molecule has 0 atom stereocenters. The number of Topliss-reactive ketones (excluding diaryl/α,β-unsaturated/α-hetero) is 1. The second-order valence-corrected chi connectivity index (χ2v) is 5.56. The van der Waals surface area contributed by atoms with Crippen LogP contribution in [0.3, 0.4) is 0 Å². The minimum absolute atomic E-state index is 0.0541. The molecule has 2 N–H and O–H groups in total. The van der Waals surface area contributed by atoms with Crippen molar-refractivity contribution >= 4 is 17.4 Å². The van der Waals surface area contributed by atoms with E-state index in [9.17, 15) is 4.79 Å². The van der Waals surface area contributed by atoms with Crippen LogP contribution in [-0.4, -0.2) is 25.5 Å². The Labute approximate surface area is 111 Å². The summed E-state index contributed by atoms with van der Waals surface area (Å²) in [6.07, 6.45) is 0. The van der Waals surface area contributed by atoms with E-state index in [0.29, 0.717) is 35.3 Å². The van der Waals surface area contributed by atoms with Crippen molar-refractivity contribution in [1.82, 2.24) is 0 Å². The van der Waals surface area contributed by atoms with Gasteiger partial charge in [-0.1, -0.05) is 25.4 Å². The summed E-state index contributed by atoms with van der Waals surface area (Å²) in [5, 5.41) is 0.377.